The van der Waals surface area contributed by atoms with Gasteiger partial charge in [0.25, 0.3) is 5.91 Å². The van der Waals surface area contributed by atoms with Gasteiger partial charge in [-0.2, -0.15) is 4.99 Å². The number of hydrogen-bond donors (Lipinski definition) is 2. The molecule has 0 aromatic heterocycles. The average molecular weight is 364 g/mol. The predicted octanol–water partition coefficient (Wildman–Crippen LogP) is 0.583. The van der Waals surface area contributed by atoms with Crippen LogP contribution in [0.1, 0.15) is 15.9 Å². The molecule has 0 heterocycles. The van der Waals surface area contributed by atoms with Crippen LogP contribution >= 0.6 is 15.9 Å². The molecule has 0 aliphatic heterocycles. The van der Waals surface area contributed by atoms with E-state index >= 15 is 0 Å². The molecule has 1 amide bonds. The first-order valence-electron chi connectivity index (χ1n) is 5.30. The van der Waals surface area contributed by atoms with Crippen LogP contribution in [-0.4, -0.2) is 33.7 Å². The third-order valence-electron chi connectivity index (χ3n) is 2.47. The Hall–Kier alpha value is -1.61. The summed E-state index contributed by atoms with van der Waals surface area (Å²) in [6, 6.07) is 1.18. The van der Waals surface area contributed by atoms with Crippen molar-refractivity contribution in [3.63, 3.8) is 0 Å². The molecular weight excluding hydrogens is 350 g/mol. The number of carbonyl (C=O) groups is 1. The summed E-state index contributed by atoms with van der Waals surface area (Å²) in [6.45, 7) is 1.61. The van der Waals surface area contributed by atoms with Gasteiger partial charge in [0.1, 0.15) is 5.75 Å². The van der Waals surface area contributed by atoms with Gasteiger partial charge in [-0.05, 0) is 28.9 Å². The number of rotatable bonds is 3. The van der Waals surface area contributed by atoms with Crippen LogP contribution in [0.15, 0.2) is 20.4 Å². The maximum absolute atomic E-state index is 11.9. The number of amides is 1. The monoisotopic (exact) mass is 363 g/mol. The van der Waals surface area contributed by atoms with Crippen LogP contribution in [0.2, 0.25) is 0 Å². The van der Waals surface area contributed by atoms with Crippen LogP contribution < -0.4 is 16.2 Å². The number of sulfone groups is 1. The zero-order valence-corrected chi connectivity index (χ0v) is 13.5. The van der Waals surface area contributed by atoms with Gasteiger partial charge in [0, 0.05) is 16.3 Å². The molecule has 20 heavy (non-hydrogen) atoms. The first-order valence-corrected chi connectivity index (χ1v) is 7.99. The Labute approximate surface area is 125 Å². The molecule has 0 saturated carbocycles. The summed E-state index contributed by atoms with van der Waals surface area (Å²) in [4.78, 5) is 15.3. The summed E-state index contributed by atoms with van der Waals surface area (Å²) in [6.07, 6.45) is 1.04. The number of hydrogen-bond acceptors (Lipinski definition) is 4. The Kier molecular flexibility index (Phi) is 4.77. The molecule has 0 bridgehead atoms. The number of benzene rings is 1. The molecule has 0 saturated heterocycles. The summed E-state index contributed by atoms with van der Waals surface area (Å²) in [7, 11) is -2.17. The molecule has 0 spiro atoms. The molecule has 4 N–H and O–H groups in total. The van der Waals surface area contributed by atoms with E-state index in [0.717, 1.165) is 6.26 Å². The van der Waals surface area contributed by atoms with E-state index in [2.05, 4.69) is 20.9 Å². The minimum atomic E-state index is -3.53. The van der Waals surface area contributed by atoms with Gasteiger partial charge in [0.2, 0.25) is 0 Å². The molecule has 0 radical (unpaired) electrons. The SMILES string of the molecule is COc1c(C(=O)N=C(N)N)cc(S(C)(=O)=O)c(Br)c1C. The van der Waals surface area contributed by atoms with Crippen molar-refractivity contribution in [2.24, 2.45) is 16.5 Å². The fourth-order valence-corrected chi connectivity index (χ4v) is 3.60. The topological polar surface area (TPSA) is 125 Å². The lowest BCUT2D eigenvalue weighted by Gasteiger charge is -2.14. The van der Waals surface area contributed by atoms with Crippen molar-refractivity contribution >= 4 is 37.6 Å². The van der Waals surface area contributed by atoms with E-state index in [0.29, 0.717) is 10.0 Å². The number of nitrogens with two attached hydrogens (primary N) is 2. The van der Waals surface area contributed by atoms with E-state index in [-0.39, 0.29) is 16.2 Å². The van der Waals surface area contributed by atoms with E-state index in [1.807, 2.05) is 0 Å². The van der Waals surface area contributed by atoms with Crippen LogP contribution in [0, 0.1) is 6.92 Å². The highest BCUT2D eigenvalue weighted by molar-refractivity contribution is 9.10. The fraction of sp³-hybridized carbons (Fsp3) is 0.273. The lowest BCUT2D eigenvalue weighted by Crippen LogP contribution is -2.24. The van der Waals surface area contributed by atoms with Crippen molar-refractivity contribution in [3.8, 4) is 5.75 Å². The highest BCUT2D eigenvalue weighted by Gasteiger charge is 2.23. The summed E-state index contributed by atoms with van der Waals surface area (Å²) in [5.41, 5.74) is 10.7. The van der Waals surface area contributed by atoms with Crippen molar-refractivity contribution in [3.05, 3.63) is 21.7 Å². The molecular formula is C11H14BrN3O4S. The number of nitrogens with zero attached hydrogens (tertiary/aromatic N) is 1. The van der Waals surface area contributed by atoms with Crippen molar-refractivity contribution in [2.75, 3.05) is 13.4 Å². The number of methoxy groups -OCH3 is 1. The maximum Gasteiger partial charge on any atom is 0.283 e. The fourth-order valence-electron chi connectivity index (χ4n) is 1.62. The van der Waals surface area contributed by atoms with E-state index in [4.69, 9.17) is 16.2 Å². The third kappa shape index (κ3) is 3.28. The minimum Gasteiger partial charge on any atom is -0.496 e. The first kappa shape index (κ1) is 16.4. The van der Waals surface area contributed by atoms with Crippen LogP contribution in [0.4, 0.5) is 0 Å². The predicted molar refractivity (Wildman–Crippen MR) is 78.7 cm³/mol. The van der Waals surface area contributed by atoms with Gasteiger partial charge >= 0.3 is 0 Å². The van der Waals surface area contributed by atoms with Gasteiger partial charge in [0.15, 0.2) is 15.8 Å². The second kappa shape index (κ2) is 5.80. The molecule has 0 aliphatic carbocycles. The highest BCUT2D eigenvalue weighted by Crippen LogP contribution is 2.35. The number of aliphatic imine (C=N–C) groups is 1. The quantitative estimate of drug-likeness (QED) is 0.597. The maximum atomic E-state index is 11.9. The standard InChI is InChI=1S/C11H14BrN3O4S/c1-5-8(12)7(20(3,17)18)4-6(9(5)19-2)10(16)15-11(13)14/h4H,1-3H3,(H4,13,14,15,16). The van der Waals surface area contributed by atoms with Crippen molar-refractivity contribution in [1.29, 1.82) is 0 Å². The van der Waals surface area contributed by atoms with Crippen molar-refractivity contribution in [2.45, 2.75) is 11.8 Å². The number of carbonyl (C=O) groups excluding carboxylic acids is 1. The number of halogens is 1. The molecule has 0 aliphatic rings. The minimum absolute atomic E-state index is 0.0259. The van der Waals surface area contributed by atoms with Gasteiger partial charge in [-0.15, -0.1) is 0 Å². The van der Waals surface area contributed by atoms with Crippen LogP contribution in [0.5, 0.6) is 5.75 Å². The molecule has 7 nitrogen and oxygen atoms in total. The average Bonchev–Trinajstić information content (AvgIpc) is 2.29. The zero-order chi connectivity index (χ0) is 15.7. The van der Waals surface area contributed by atoms with Gasteiger partial charge in [0.05, 0.1) is 17.6 Å². The van der Waals surface area contributed by atoms with Gasteiger partial charge in [-0.3, -0.25) is 4.79 Å². The van der Waals surface area contributed by atoms with Crippen molar-refractivity contribution in [1.82, 2.24) is 0 Å². The Morgan fingerprint density at radius 2 is 1.95 bits per heavy atom. The van der Waals surface area contributed by atoms with E-state index in [9.17, 15) is 13.2 Å². The normalized spacial score (nSPS) is 11.0. The van der Waals surface area contributed by atoms with E-state index in [1.54, 1.807) is 6.92 Å². The molecule has 0 fully saturated rings. The summed E-state index contributed by atoms with van der Waals surface area (Å²) in [5.74, 6) is -0.986. The summed E-state index contributed by atoms with van der Waals surface area (Å²) < 4.78 is 28.9. The lowest BCUT2D eigenvalue weighted by atomic mass is 10.1. The number of ether oxygens (including phenoxy) is 1. The molecule has 0 unspecified atom stereocenters. The first-order chi connectivity index (χ1) is 9.09. The molecule has 1 rings (SSSR count). The third-order valence-corrected chi connectivity index (χ3v) is 4.88. The van der Waals surface area contributed by atoms with Gasteiger partial charge in [-0.1, -0.05) is 0 Å². The lowest BCUT2D eigenvalue weighted by molar-refractivity contribution is 0.0999. The Morgan fingerprint density at radius 1 is 1.40 bits per heavy atom. The van der Waals surface area contributed by atoms with Crippen LogP contribution in [0.25, 0.3) is 0 Å². The second-order valence-electron chi connectivity index (χ2n) is 4.01. The van der Waals surface area contributed by atoms with E-state index < -0.39 is 21.7 Å². The molecule has 1 aromatic rings. The molecule has 110 valence electrons. The van der Waals surface area contributed by atoms with Gasteiger partial charge in [-0.25, -0.2) is 8.42 Å². The summed E-state index contributed by atoms with van der Waals surface area (Å²) >= 11 is 3.19. The Morgan fingerprint density at radius 3 is 2.35 bits per heavy atom. The molecule has 9 heteroatoms. The van der Waals surface area contributed by atoms with Crippen LogP contribution in [-0.2, 0) is 9.84 Å². The molecule has 1 aromatic carbocycles. The number of guanidine groups is 1. The van der Waals surface area contributed by atoms with Crippen molar-refractivity contribution < 1.29 is 17.9 Å². The van der Waals surface area contributed by atoms with Gasteiger partial charge < -0.3 is 16.2 Å². The largest absolute Gasteiger partial charge is 0.496 e. The molecule has 0 atom stereocenters. The Bertz CT molecular complexity index is 694. The second-order valence-corrected chi connectivity index (χ2v) is 6.79. The summed E-state index contributed by atoms with van der Waals surface area (Å²) in [5, 5.41) is 0. The smallest absolute Gasteiger partial charge is 0.283 e. The zero-order valence-electron chi connectivity index (χ0n) is 11.1. The highest BCUT2D eigenvalue weighted by atomic mass is 79.9. The van der Waals surface area contributed by atoms with Crippen LogP contribution in [0.3, 0.4) is 0 Å². The Balaban J connectivity index is 3.72. The van der Waals surface area contributed by atoms with E-state index in [1.165, 1.54) is 13.2 Å².